The van der Waals surface area contributed by atoms with Crippen LogP contribution in [0.2, 0.25) is 0 Å². The quantitative estimate of drug-likeness (QED) is 0.783. The van der Waals surface area contributed by atoms with Crippen molar-refractivity contribution in [3.63, 3.8) is 0 Å². The summed E-state index contributed by atoms with van der Waals surface area (Å²) in [6.07, 6.45) is 5.09. The van der Waals surface area contributed by atoms with E-state index in [2.05, 4.69) is 18.7 Å². The second kappa shape index (κ2) is 6.90. The lowest BCUT2D eigenvalue weighted by Gasteiger charge is -2.24. The molecular formula is C18H25NO2. The van der Waals surface area contributed by atoms with E-state index >= 15 is 0 Å². The maximum absolute atomic E-state index is 12.6. The van der Waals surface area contributed by atoms with E-state index in [1.807, 2.05) is 30.0 Å². The van der Waals surface area contributed by atoms with Crippen LogP contribution in [0.4, 0.5) is 0 Å². The van der Waals surface area contributed by atoms with E-state index in [0.717, 1.165) is 19.3 Å². The molecule has 2 atom stereocenters. The summed E-state index contributed by atoms with van der Waals surface area (Å²) in [4.78, 5) is 14.5. The highest BCUT2D eigenvalue weighted by molar-refractivity contribution is 5.85. The summed E-state index contributed by atoms with van der Waals surface area (Å²) < 4.78 is 0. The van der Waals surface area contributed by atoms with E-state index in [1.165, 1.54) is 5.56 Å². The van der Waals surface area contributed by atoms with Gasteiger partial charge in [0, 0.05) is 6.54 Å². The molecule has 1 aromatic carbocycles. The van der Waals surface area contributed by atoms with Gasteiger partial charge in [0.25, 0.3) is 0 Å². The number of aryl methyl sites for hydroxylation is 1. The van der Waals surface area contributed by atoms with Crippen molar-refractivity contribution in [3.05, 3.63) is 48.6 Å². The summed E-state index contributed by atoms with van der Waals surface area (Å²) in [5.41, 5.74) is 0.903. The van der Waals surface area contributed by atoms with Crippen molar-refractivity contribution in [1.82, 2.24) is 4.90 Å². The van der Waals surface area contributed by atoms with Crippen LogP contribution in [0.5, 0.6) is 0 Å². The lowest BCUT2D eigenvalue weighted by molar-refractivity contribution is -0.136. The van der Waals surface area contributed by atoms with Gasteiger partial charge in [0.15, 0.2) is 0 Å². The number of carbonyl (C=O) groups excluding carboxylic acids is 1. The number of nitrogens with zero attached hydrogens (tertiary/aromatic N) is 1. The molecule has 3 nitrogen and oxygen atoms in total. The molecule has 1 amide bonds. The molecule has 0 aliphatic carbocycles. The molecule has 0 aromatic heterocycles. The van der Waals surface area contributed by atoms with Gasteiger partial charge in [-0.15, -0.1) is 6.58 Å². The van der Waals surface area contributed by atoms with Gasteiger partial charge < -0.3 is 10.0 Å². The van der Waals surface area contributed by atoms with Crippen molar-refractivity contribution in [3.8, 4) is 0 Å². The number of allylic oxidation sites excluding steroid dienone is 1. The van der Waals surface area contributed by atoms with Crippen molar-refractivity contribution < 1.29 is 9.90 Å². The summed E-state index contributed by atoms with van der Waals surface area (Å²) in [7, 11) is 0. The zero-order chi connectivity index (χ0) is 15.3. The minimum absolute atomic E-state index is 0.0433. The van der Waals surface area contributed by atoms with Crippen LogP contribution in [0.3, 0.4) is 0 Å². The first kappa shape index (κ1) is 15.8. The molecule has 1 aromatic rings. The molecule has 0 unspecified atom stereocenters. The summed E-state index contributed by atoms with van der Waals surface area (Å²) in [6.45, 7) is 6.49. The van der Waals surface area contributed by atoms with Gasteiger partial charge in [-0.25, -0.2) is 0 Å². The Balaban J connectivity index is 1.95. The summed E-state index contributed by atoms with van der Waals surface area (Å²) in [5, 5.41) is 9.55. The molecule has 21 heavy (non-hydrogen) atoms. The molecule has 0 saturated carbocycles. The highest BCUT2D eigenvalue weighted by atomic mass is 16.3. The van der Waals surface area contributed by atoms with Crippen LogP contribution in [-0.2, 0) is 11.2 Å². The number of carbonyl (C=O) groups is 1. The average molecular weight is 287 g/mol. The fraction of sp³-hybridized carbons (Fsp3) is 0.500. The Morgan fingerprint density at radius 2 is 2.14 bits per heavy atom. The minimum Gasteiger partial charge on any atom is -0.394 e. The van der Waals surface area contributed by atoms with Crippen LogP contribution in [-0.4, -0.2) is 35.1 Å². The Bertz CT molecular complexity index is 485. The van der Waals surface area contributed by atoms with Crippen LogP contribution < -0.4 is 0 Å². The molecule has 114 valence electrons. The second-order valence-corrected chi connectivity index (χ2v) is 6.18. The van der Waals surface area contributed by atoms with Crippen LogP contribution in [0.25, 0.3) is 0 Å². The molecule has 3 heteroatoms. The summed E-state index contributed by atoms with van der Waals surface area (Å²) >= 11 is 0. The molecule has 1 aliphatic rings. The third kappa shape index (κ3) is 3.53. The smallest absolute Gasteiger partial charge is 0.229 e. The third-order valence-electron chi connectivity index (χ3n) is 4.42. The number of hydrogen-bond donors (Lipinski definition) is 1. The van der Waals surface area contributed by atoms with Crippen molar-refractivity contribution in [2.45, 2.75) is 38.6 Å². The van der Waals surface area contributed by atoms with E-state index in [1.54, 1.807) is 6.08 Å². The zero-order valence-corrected chi connectivity index (χ0v) is 12.8. The van der Waals surface area contributed by atoms with Gasteiger partial charge in [-0.2, -0.15) is 0 Å². The van der Waals surface area contributed by atoms with E-state index < -0.39 is 0 Å². The molecule has 1 aliphatic heterocycles. The first-order chi connectivity index (χ1) is 10.1. The predicted octanol–water partition coefficient (Wildman–Crippen LogP) is 2.79. The van der Waals surface area contributed by atoms with Gasteiger partial charge in [-0.05, 0) is 31.2 Å². The molecule has 1 fully saturated rings. The highest BCUT2D eigenvalue weighted by Crippen LogP contribution is 2.39. The Morgan fingerprint density at radius 3 is 2.76 bits per heavy atom. The Kier molecular flexibility index (Phi) is 5.18. The minimum atomic E-state index is -0.387. The van der Waals surface area contributed by atoms with Crippen molar-refractivity contribution in [2.75, 3.05) is 13.2 Å². The SMILES string of the molecule is C=CC[C@]1(C)C[C@@H](CO)N(CCCc2ccccc2)C1=O. The monoisotopic (exact) mass is 287 g/mol. The normalized spacial score (nSPS) is 25.3. The second-order valence-electron chi connectivity index (χ2n) is 6.18. The molecule has 1 N–H and O–H groups in total. The summed E-state index contributed by atoms with van der Waals surface area (Å²) in [6, 6.07) is 10.3. The van der Waals surface area contributed by atoms with Crippen LogP contribution in [0.1, 0.15) is 31.7 Å². The Morgan fingerprint density at radius 1 is 1.43 bits per heavy atom. The zero-order valence-electron chi connectivity index (χ0n) is 12.8. The first-order valence-corrected chi connectivity index (χ1v) is 7.67. The van der Waals surface area contributed by atoms with Gasteiger partial charge in [-0.1, -0.05) is 43.3 Å². The lowest BCUT2D eigenvalue weighted by Crippen LogP contribution is -2.38. The number of benzene rings is 1. The van der Waals surface area contributed by atoms with Gasteiger partial charge in [0.05, 0.1) is 18.1 Å². The van der Waals surface area contributed by atoms with Crippen LogP contribution in [0, 0.1) is 5.41 Å². The van der Waals surface area contributed by atoms with Gasteiger partial charge in [0.1, 0.15) is 0 Å². The van der Waals surface area contributed by atoms with Crippen molar-refractivity contribution in [2.24, 2.45) is 5.41 Å². The van der Waals surface area contributed by atoms with Crippen molar-refractivity contribution in [1.29, 1.82) is 0 Å². The highest BCUT2D eigenvalue weighted by Gasteiger charge is 2.46. The van der Waals surface area contributed by atoms with E-state index in [9.17, 15) is 9.90 Å². The predicted molar refractivity (Wildman–Crippen MR) is 84.9 cm³/mol. The number of rotatable bonds is 7. The maximum Gasteiger partial charge on any atom is 0.229 e. The molecule has 1 saturated heterocycles. The number of hydrogen-bond acceptors (Lipinski definition) is 2. The number of aliphatic hydroxyl groups is 1. The van der Waals surface area contributed by atoms with Gasteiger partial charge >= 0.3 is 0 Å². The fourth-order valence-corrected chi connectivity index (χ4v) is 3.26. The molecule has 0 spiro atoms. The average Bonchev–Trinajstić information content (AvgIpc) is 2.73. The molecule has 1 heterocycles. The van der Waals surface area contributed by atoms with Crippen LogP contribution >= 0.6 is 0 Å². The Hall–Kier alpha value is -1.61. The molecule has 0 bridgehead atoms. The summed E-state index contributed by atoms with van der Waals surface area (Å²) in [5.74, 6) is 0.162. The van der Waals surface area contributed by atoms with Crippen LogP contribution in [0.15, 0.2) is 43.0 Å². The standard InChI is InChI=1S/C18H25NO2/c1-3-11-18(2)13-16(14-20)19(17(18)21)12-7-10-15-8-5-4-6-9-15/h3-6,8-9,16,20H,1,7,10-14H2,2H3/t16-,18+/m0/s1. The van der Waals surface area contributed by atoms with E-state index in [0.29, 0.717) is 13.0 Å². The Labute approximate surface area is 127 Å². The first-order valence-electron chi connectivity index (χ1n) is 7.67. The van der Waals surface area contributed by atoms with E-state index in [-0.39, 0.29) is 24.0 Å². The fourth-order valence-electron chi connectivity index (χ4n) is 3.26. The van der Waals surface area contributed by atoms with E-state index in [4.69, 9.17) is 0 Å². The van der Waals surface area contributed by atoms with Gasteiger partial charge in [-0.3, -0.25) is 4.79 Å². The number of aliphatic hydroxyl groups excluding tert-OH is 1. The topological polar surface area (TPSA) is 40.5 Å². The largest absolute Gasteiger partial charge is 0.394 e. The lowest BCUT2D eigenvalue weighted by atomic mass is 9.84. The molecule has 0 radical (unpaired) electrons. The number of amides is 1. The maximum atomic E-state index is 12.6. The molecule has 2 rings (SSSR count). The van der Waals surface area contributed by atoms with Gasteiger partial charge in [0.2, 0.25) is 5.91 Å². The van der Waals surface area contributed by atoms with Crippen molar-refractivity contribution >= 4 is 5.91 Å². The number of likely N-dealkylation sites (tertiary alicyclic amines) is 1. The molecular weight excluding hydrogens is 262 g/mol. The third-order valence-corrected chi connectivity index (χ3v) is 4.42.